The van der Waals surface area contributed by atoms with Crippen LogP contribution in [0.15, 0.2) is 47.3 Å². The summed E-state index contributed by atoms with van der Waals surface area (Å²) in [5, 5.41) is 0. The molecule has 2 aromatic carbocycles. The van der Waals surface area contributed by atoms with Crippen molar-refractivity contribution in [1.29, 1.82) is 0 Å². The van der Waals surface area contributed by atoms with Gasteiger partial charge in [0, 0.05) is 6.54 Å². The summed E-state index contributed by atoms with van der Waals surface area (Å²) < 4.78 is 5.94. The van der Waals surface area contributed by atoms with Crippen LogP contribution in [0.3, 0.4) is 0 Å². The second-order valence-electron chi connectivity index (χ2n) is 6.26. The number of aromatic nitrogens is 2. The summed E-state index contributed by atoms with van der Waals surface area (Å²) in [6.07, 6.45) is 1.74. The Balaban J connectivity index is 1.84. The lowest BCUT2D eigenvalue weighted by Gasteiger charge is -2.12. The molecular formula is C19H23N3O2. The van der Waals surface area contributed by atoms with Crippen LogP contribution in [0.25, 0.3) is 11.0 Å². The quantitative estimate of drug-likeness (QED) is 0.657. The van der Waals surface area contributed by atoms with Crippen molar-refractivity contribution in [2.24, 2.45) is 0 Å². The topological polar surface area (TPSA) is 61.1 Å². The molecule has 5 heteroatoms. The fourth-order valence-corrected chi connectivity index (χ4v) is 2.78. The zero-order chi connectivity index (χ0) is 16.9. The fraction of sp³-hybridized carbons (Fsp3) is 0.316. The number of benzene rings is 2. The Labute approximate surface area is 141 Å². The smallest absolute Gasteiger partial charge is 0.323 e. The predicted octanol–water partition coefficient (Wildman–Crippen LogP) is 2.78. The van der Waals surface area contributed by atoms with E-state index in [-0.39, 0.29) is 5.69 Å². The van der Waals surface area contributed by atoms with E-state index in [0.29, 0.717) is 6.61 Å². The molecule has 3 rings (SSSR count). The number of hydrogen-bond acceptors (Lipinski definition) is 3. The number of nitrogens with one attached hydrogen (secondary N) is 2. The van der Waals surface area contributed by atoms with Gasteiger partial charge in [-0.3, -0.25) is 0 Å². The number of nitrogens with zero attached hydrogens (tertiary/aromatic N) is 1. The molecule has 0 radical (unpaired) electrons. The first-order valence-electron chi connectivity index (χ1n) is 8.18. The van der Waals surface area contributed by atoms with Gasteiger partial charge in [-0.25, -0.2) is 4.79 Å². The zero-order valence-corrected chi connectivity index (χ0v) is 14.1. The van der Waals surface area contributed by atoms with Crippen LogP contribution < -0.4 is 10.4 Å². The largest absolute Gasteiger partial charge is 0.491 e. The molecule has 0 atom stereocenters. The number of H-pyrrole nitrogens is 2. The maximum absolute atomic E-state index is 11.7. The molecule has 24 heavy (non-hydrogen) atoms. The molecule has 0 fully saturated rings. The van der Waals surface area contributed by atoms with E-state index in [1.807, 2.05) is 44.4 Å². The molecule has 0 spiro atoms. The average Bonchev–Trinajstić information content (AvgIpc) is 2.92. The highest BCUT2D eigenvalue weighted by atomic mass is 16.5. The van der Waals surface area contributed by atoms with Crippen molar-refractivity contribution in [1.82, 2.24) is 14.9 Å². The van der Waals surface area contributed by atoms with Gasteiger partial charge in [0.15, 0.2) is 0 Å². The monoisotopic (exact) mass is 325 g/mol. The molecule has 1 aromatic heterocycles. The molecule has 0 unspecified atom stereocenters. The van der Waals surface area contributed by atoms with Crippen LogP contribution in [-0.4, -0.2) is 42.1 Å². The number of hydrogen-bond donors (Lipinski definition) is 2. The highest BCUT2D eigenvalue weighted by molar-refractivity contribution is 5.82. The summed E-state index contributed by atoms with van der Waals surface area (Å²) in [5.41, 5.74) is 3.66. The van der Waals surface area contributed by atoms with Crippen molar-refractivity contribution < 1.29 is 4.74 Å². The fourth-order valence-electron chi connectivity index (χ4n) is 2.78. The van der Waals surface area contributed by atoms with Crippen LogP contribution in [0.4, 0.5) is 0 Å². The van der Waals surface area contributed by atoms with Gasteiger partial charge in [-0.1, -0.05) is 30.3 Å². The Morgan fingerprint density at radius 1 is 1.04 bits per heavy atom. The van der Waals surface area contributed by atoms with E-state index in [1.54, 1.807) is 0 Å². The van der Waals surface area contributed by atoms with Crippen molar-refractivity contribution in [2.75, 3.05) is 27.2 Å². The van der Waals surface area contributed by atoms with Crippen molar-refractivity contribution in [2.45, 2.75) is 12.8 Å². The van der Waals surface area contributed by atoms with E-state index in [1.165, 1.54) is 5.56 Å². The average molecular weight is 325 g/mol. The molecule has 0 aliphatic carbocycles. The number of imidazole rings is 1. The maximum Gasteiger partial charge on any atom is 0.323 e. The molecule has 0 bridgehead atoms. The lowest BCUT2D eigenvalue weighted by Crippen LogP contribution is -2.15. The van der Waals surface area contributed by atoms with E-state index in [0.717, 1.165) is 41.7 Å². The minimum atomic E-state index is -0.208. The van der Waals surface area contributed by atoms with Gasteiger partial charge in [0.2, 0.25) is 0 Å². The van der Waals surface area contributed by atoms with Crippen LogP contribution in [-0.2, 0) is 6.42 Å². The van der Waals surface area contributed by atoms with Crippen molar-refractivity contribution in [3.63, 3.8) is 0 Å². The first-order chi connectivity index (χ1) is 11.6. The van der Waals surface area contributed by atoms with Crippen molar-refractivity contribution in [3.05, 3.63) is 64.1 Å². The molecule has 0 amide bonds. The first-order valence-corrected chi connectivity index (χ1v) is 8.18. The SMILES string of the molecule is CN(C)CCCOc1cc(Cc2ccccc2)cc2[nH]c(=O)[nH]c12. The van der Waals surface area contributed by atoms with Gasteiger partial charge >= 0.3 is 5.69 Å². The number of rotatable bonds is 7. The van der Waals surface area contributed by atoms with Crippen LogP contribution in [0.5, 0.6) is 5.75 Å². The molecule has 0 aliphatic heterocycles. The van der Waals surface area contributed by atoms with Gasteiger partial charge in [-0.2, -0.15) is 0 Å². The molecule has 3 aromatic rings. The lowest BCUT2D eigenvalue weighted by molar-refractivity contribution is 0.283. The minimum Gasteiger partial charge on any atom is -0.491 e. The van der Waals surface area contributed by atoms with E-state index in [9.17, 15) is 4.79 Å². The number of ether oxygens (including phenoxy) is 1. The second kappa shape index (κ2) is 7.36. The third-order valence-electron chi connectivity index (χ3n) is 3.91. The molecule has 0 saturated heterocycles. The lowest BCUT2D eigenvalue weighted by atomic mass is 10.0. The molecule has 126 valence electrons. The third kappa shape index (κ3) is 4.06. The van der Waals surface area contributed by atoms with Gasteiger partial charge in [0.05, 0.1) is 12.1 Å². The molecular weight excluding hydrogens is 302 g/mol. The predicted molar refractivity (Wildman–Crippen MR) is 96.8 cm³/mol. The summed E-state index contributed by atoms with van der Waals surface area (Å²) >= 11 is 0. The first kappa shape index (κ1) is 16.3. The van der Waals surface area contributed by atoms with E-state index in [4.69, 9.17) is 4.74 Å². The molecule has 1 heterocycles. The Hall–Kier alpha value is -2.53. The Bertz CT molecular complexity index is 850. The van der Waals surface area contributed by atoms with Crippen LogP contribution in [0.1, 0.15) is 17.5 Å². The molecule has 0 aliphatic rings. The van der Waals surface area contributed by atoms with Gasteiger partial charge in [0.25, 0.3) is 0 Å². The second-order valence-corrected chi connectivity index (χ2v) is 6.26. The summed E-state index contributed by atoms with van der Waals surface area (Å²) in [4.78, 5) is 19.4. The molecule has 5 nitrogen and oxygen atoms in total. The third-order valence-corrected chi connectivity index (χ3v) is 3.91. The van der Waals surface area contributed by atoms with Gasteiger partial charge < -0.3 is 19.6 Å². The molecule has 0 saturated carbocycles. The van der Waals surface area contributed by atoms with E-state index in [2.05, 4.69) is 27.0 Å². The number of fused-ring (bicyclic) bond motifs is 1. The Kier molecular flexibility index (Phi) is 5.01. The van der Waals surface area contributed by atoms with Gasteiger partial charge in [-0.05, 0) is 50.2 Å². The highest BCUT2D eigenvalue weighted by Gasteiger charge is 2.09. The van der Waals surface area contributed by atoms with E-state index >= 15 is 0 Å². The van der Waals surface area contributed by atoms with Crippen molar-refractivity contribution >= 4 is 11.0 Å². The van der Waals surface area contributed by atoms with Crippen molar-refractivity contribution in [3.8, 4) is 5.75 Å². The number of aromatic amines is 2. The summed E-state index contributed by atoms with van der Waals surface area (Å²) in [6, 6.07) is 14.3. The normalized spacial score (nSPS) is 11.3. The summed E-state index contributed by atoms with van der Waals surface area (Å²) in [7, 11) is 4.09. The summed E-state index contributed by atoms with van der Waals surface area (Å²) in [6.45, 7) is 1.59. The summed E-state index contributed by atoms with van der Waals surface area (Å²) in [5.74, 6) is 0.732. The maximum atomic E-state index is 11.7. The van der Waals surface area contributed by atoms with Crippen LogP contribution in [0.2, 0.25) is 0 Å². The Morgan fingerprint density at radius 2 is 1.83 bits per heavy atom. The van der Waals surface area contributed by atoms with Gasteiger partial charge in [-0.15, -0.1) is 0 Å². The van der Waals surface area contributed by atoms with Gasteiger partial charge in [0.1, 0.15) is 11.3 Å². The van der Waals surface area contributed by atoms with E-state index < -0.39 is 0 Å². The standard InChI is InChI=1S/C19H23N3O2/c1-22(2)9-6-10-24-17-13-15(11-14-7-4-3-5-8-14)12-16-18(17)21-19(23)20-16/h3-5,7-8,12-13H,6,9-11H2,1-2H3,(H2,20,21,23). The Morgan fingerprint density at radius 3 is 2.58 bits per heavy atom. The minimum absolute atomic E-state index is 0.208. The van der Waals surface area contributed by atoms with Crippen LogP contribution in [0, 0.1) is 0 Å². The zero-order valence-electron chi connectivity index (χ0n) is 14.1. The highest BCUT2D eigenvalue weighted by Crippen LogP contribution is 2.25. The van der Waals surface area contributed by atoms with Crippen LogP contribution >= 0.6 is 0 Å². The molecule has 2 N–H and O–H groups in total.